The van der Waals surface area contributed by atoms with E-state index in [1.165, 1.54) is 12.1 Å². The van der Waals surface area contributed by atoms with E-state index in [0.29, 0.717) is 35.7 Å². The van der Waals surface area contributed by atoms with Crippen LogP contribution in [-0.4, -0.2) is 37.7 Å². The molecule has 0 amide bonds. The van der Waals surface area contributed by atoms with Crippen molar-refractivity contribution in [3.8, 4) is 0 Å². The van der Waals surface area contributed by atoms with E-state index >= 15 is 0 Å². The lowest BCUT2D eigenvalue weighted by Crippen LogP contribution is -2.22. The maximum absolute atomic E-state index is 13.3. The van der Waals surface area contributed by atoms with Gasteiger partial charge in [-0.2, -0.15) is 0 Å². The molecule has 0 spiro atoms. The lowest BCUT2D eigenvalue weighted by molar-refractivity contribution is 0.0695. The summed E-state index contributed by atoms with van der Waals surface area (Å²) in [6.07, 6.45) is 1.36. The van der Waals surface area contributed by atoms with Gasteiger partial charge in [-0.05, 0) is 91.4 Å². The first-order valence-electron chi connectivity index (χ1n) is 11.5. The number of aliphatic hydroxyl groups is 1. The van der Waals surface area contributed by atoms with Crippen LogP contribution in [0.15, 0.2) is 70.5 Å². The zero-order chi connectivity index (χ0) is 25.6. The first kappa shape index (κ1) is 26.9. The van der Waals surface area contributed by atoms with Gasteiger partial charge in [-0.15, -0.1) is 0 Å². The minimum Gasteiger partial charge on any atom is -0.478 e. The number of rotatable bonds is 11. The Hall–Kier alpha value is -2.71. The van der Waals surface area contributed by atoms with Gasteiger partial charge in [0.15, 0.2) is 0 Å². The lowest BCUT2D eigenvalue weighted by Gasteiger charge is -2.14. The Balaban J connectivity index is 1.60. The summed E-state index contributed by atoms with van der Waals surface area (Å²) in [5, 5.41) is 23.4. The summed E-state index contributed by atoms with van der Waals surface area (Å²) in [6, 6.07) is 16.7. The van der Waals surface area contributed by atoms with E-state index in [2.05, 4.69) is 5.32 Å². The fraction of sp³-hybridized carbons (Fsp3) is 0.296. The largest absolute Gasteiger partial charge is 0.478 e. The molecular weight excluding hydrogens is 486 g/mol. The molecule has 0 aromatic heterocycles. The molecule has 186 valence electrons. The number of nitrogens with one attached hydrogen (secondary N) is 1. The third-order valence-electron chi connectivity index (χ3n) is 6.05. The van der Waals surface area contributed by atoms with Crippen LogP contribution in [0.3, 0.4) is 0 Å². The molecule has 6 nitrogen and oxygen atoms in total. The highest BCUT2D eigenvalue weighted by Crippen LogP contribution is 2.29. The Labute approximate surface area is 211 Å². The number of halogens is 1. The average molecular weight is 516 g/mol. The third-order valence-corrected chi connectivity index (χ3v) is 8.14. The van der Waals surface area contributed by atoms with Crippen LogP contribution in [0.5, 0.6) is 0 Å². The molecule has 0 radical (unpaired) electrons. The number of sulfone groups is 1. The molecule has 35 heavy (non-hydrogen) atoms. The predicted molar refractivity (Wildman–Crippen MR) is 137 cm³/mol. The van der Waals surface area contributed by atoms with Crippen LogP contribution in [0.4, 0.5) is 0 Å². The first-order valence-corrected chi connectivity index (χ1v) is 13.3. The number of benzene rings is 3. The normalized spacial score (nSPS) is 12.5. The van der Waals surface area contributed by atoms with Gasteiger partial charge in [0.1, 0.15) is 0 Å². The molecule has 0 aliphatic heterocycles. The second-order valence-electron chi connectivity index (χ2n) is 8.40. The van der Waals surface area contributed by atoms with Crippen LogP contribution in [-0.2, 0) is 22.7 Å². The summed E-state index contributed by atoms with van der Waals surface area (Å²) in [7, 11) is -3.77. The van der Waals surface area contributed by atoms with Gasteiger partial charge in [0.25, 0.3) is 0 Å². The molecule has 0 unspecified atom stereocenters. The fourth-order valence-electron chi connectivity index (χ4n) is 4.11. The fourth-order valence-corrected chi connectivity index (χ4v) is 5.92. The van der Waals surface area contributed by atoms with Crippen molar-refractivity contribution in [2.24, 2.45) is 0 Å². The number of carboxylic acid groups (broad SMARTS) is 1. The van der Waals surface area contributed by atoms with Crippen LogP contribution < -0.4 is 5.32 Å². The highest BCUT2D eigenvalue weighted by molar-refractivity contribution is 7.91. The Kier molecular flexibility index (Phi) is 9.08. The molecule has 0 saturated heterocycles. The van der Waals surface area contributed by atoms with Gasteiger partial charge in [-0.25, -0.2) is 13.2 Å². The van der Waals surface area contributed by atoms with Crippen molar-refractivity contribution in [3.05, 3.63) is 93.5 Å². The molecule has 3 rings (SSSR count). The molecule has 8 heteroatoms. The van der Waals surface area contributed by atoms with Gasteiger partial charge in [0, 0.05) is 11.6 Å². The van der Waals surface area contributed by atoms with E-state index in [9.17, 15) is 23.4 Å². The number of aliphatic hydroxyl groups excluding tert-OH is 1. The smallest absolute Gasteiger partial charge is 0.335 e. The summed E-state index contributed by atoms with van der Waals surface area (Å²) < 4.78 is 26.5. The zero-order valence-corrected chi connectivity index (χ0v) is 21.4. The highest BCUT2D eigenvalue weighted by Gasteiger charge is 2.24. The quantitative estimate of drug-likeness (QED) is 0.310. The maximum Gasteiger partial charge on any atom is 0.335 e. The first-order chi connectivity index (χ1) is 16.6. The van der Waals surface area contributed by atoms with Crippen molar-refractivity contribution >= 4 is 27.4 Å². The molecule has 0 fully saturated rings. The van der Waals surface area contributed by atoms with E-state index in [1.807, 2.05) is 13.0 Å². The second-order valence-corrected chi connectivity index (χ2v) is 10.8. The van der Waals surface area contributed by atoms with Gasteiger partial charge in [-0.1, -0.05) is 42.8 Å². The summed E-state index contributed by atoms with van der Waals surface area (Å²) in [4.78, 5) is 11.8. The van der Waals surface area contributed by atoms with Gasteiger partial charge >= 0.3 is 5.97 Å². The average Bonchev–Trinajstić information content (AvgIpc) is 2.83. The number of carbonyl (C=O) groups is 1. The number of hydrogen-bond donors (Lipinski definition) is 3. The van der Waals surface area contributed by atoms with E-state index in [-0.39, 0.29) is 15.4 Å². The van der Waals surface area contributed by atoms with Crippen molar-refractivity contribution in [1.82, 2.24) is 5.32 Å². The molecular formula is C27H30ClNO5S. The molecule has 3 aromatic rings. The zero-order valence-electron chi connectivity index (χ0n) is 19.8. The van der Waals surface area contributed by atoms with E-state index in [1.54, 1.807) is 49.4 Å². The third kappa shape index (κ3) is 6.49. The minimum absolute atomic E-state index is 0.116. The van der Waals surface area contributed by atoms with Gasteiger partial charge in [0.2, 0.25) is 9.84 Å². The number of aromatic carboxylic acids is 1. The lowest BCUT2D eigenvalue weighted by atomic mass is 10.0. The number of carboxylic acids is 1. The molecule has 0 heterocycles. The van der Waals surface area contributed by atoms with Crippen molar-refractivity contribution in [3.63, 3.8) is 0 Å². The molecule has 3 N–H and O–H groups in total. The van der Waals surface area contributed by atoms with Crippen LogP contribution in [0.2, 0.25) is 5.02 Å². The highest BCUT2D eigenvalue weighted by atomic mass is 35.5. The Morgan fingerprint density at radius 3 is 2.43 bits per heavy atom. The van der Waals surface area contributed by atoms with Gasteiger partial charge in [0.05, 0.1) is 21.5 Å². The predicted octanol–water partition coefficient (Wildman–Crippen LogP) is 5.00. The molecule has 1 atom stereocenters. The van der Waals surface area contributed by atoms with Gasteiger partial charge < -0.3 is 15.5 Å². The second kappa shape index (κ2) is 11.8. The topological polar surface area (TPSA) is 104 Å². The summed E-state index contributed by atoms with van der Waals surface area (Å²) >= 11 is 5.96. The van der Waals surface area contributed by atoms with E-state index < -0.39 is 21.9 Å². The van der Waals surface area contributed by atoms with E-state index in [4.69, 9.17) is 11.6 Å². The van der Waals surface area contributed by atoms with E-state index in [0.717, 1.165) is 24.0 Å². The SMILES string of the molecule is CCc1c(S(=O)(=O)c2ccc(CCCNC[C@H](O)c3cccc(Cl)c3)cc2)ccc(C(=O)O)c1C. The summed E-state index contributed by atoms with van der Waals surface area (Å²) in [5.74, 6) is -1.07. The van der Waals surface area contributed by atoms with Crippen molar-refractivity contribution in [1.29, 1.82) is 0 Å². The van der Waals surface area contributed by atoms with Crippen molar-refractivity contribution in [2.45, 2.75) is 49.0 Å². The molecule has 0 bridgehead atoms. The van der Waals surface area contributed by atoms with Crippen LogP contribution in [0.25, 0.3) is 0 Å². The Bertz CT molecular complexity index is 1290. The summed E-state index contributed by atoms with van der Waals surface area (Å²) in [5.41, 5.74) is 2.89. The standard InChI is InChI=1S/C27H30ClNO5S/c1-3-23-18(2)24(27(31)32)13-14-26(23)35(33,34)22-11-9-19(10-12-22)6-5-15-29-17-25(30)20-7-4-8-21(28)16-20/h4,7-14,16,25,29-30H,3,5-6,15,17H2,1-2H3,(H,31,32)/t25-/m0/s1. The molecule has 3 aromatic carbocycles. The molecule has 0 aliphatic rings. The minimum atomic E-state index is -3.77. The Morgan fingerprint density at radius 2 is 1.80 bits per heavy atom. The van der Waals surface area contributed by atoms with Gasteiger partial charge in [-0.3, -0.25) is 0 Å². The maximum atomic E-state index is 13.3. The monoisotopic (exact) mass is 515 g/mol. The Morgan fingerprint density at radius 1 is 1.09 bits per heavy atom. The van der Waals surface area contributed by atoms with Crippen molar-refractivity contribution < 1.29 is 23.4 Å². The number of hydrogen-bond acceptors (Lipinski definition) is 5. The van der Waals surface area contributed by atoms with Crippen LogP contribution in [0.1, 0.15) is 52.1 Å². The molecule has 0 saturated carbocycles. The number of aryl methyl sites for hydroxylation is 1. The summed E-state index contributed by atoms with van der Waals surface area (Å²) in [6.45, 7) is 4.58. The molecule has 0 aliphatic carbocycles. The van der Waals surface area contributed by atoms with Crippen molar-refractivity contribution in [2.75, 3.05) is 13.1 Å². The van der Waals surface area contributed by atoms with Crippen LogP contribution >= 0.6 is 11.6 Å². The van der Waals surface area contributed by atoms with Crippen LogP contribution in [0, 0.1) is 6.92 Å².